The van der Waals surface area contributed by atoms with Crippen LogP contribution in [0.1, 0.15) is 17.4 Å². The molecule has 1 heterocycles. The zero-order valence-electron chi connectivity index (χ0n) is 8.87. The van der Waals surface area contributed by atoms with E-state index in [1.165, 1.54) is 12.3 Å². The second kappa shape index (κ2) is 5.18. The van der Waals surface area contributed by atoms with Crippen LogP contribution in [0.15, 0.2) is 30.5 Å². The first-order valence-electron chi connectivity index (χ1n) is 4.92. The van der Waals surface area contributed by atoms with Crippen molar-refractivity contribution < 1.29 is 13.9 Å². The van der Waals surface area contributed by atoms with Gasteiger partial charge in [0, 0.05) is 12.3 Å². The van der Waals surface area contributed by atoms with E-state index in [-0.39, 0.29) is 16.3 Å². The molecule has 2 aromatic rings. The molecule has 1 unspecified atom stereocenters. The highest BCUT2D eigenvalue weighted by Crippen LogP contribution is 2.28. The van der Waals surface area contributed by atoms with Gasteiger partial charge in [-0.05, 0) is 23.8 Å². The molecule has 0 fully saturated rings. The quantitative estimate of drug-likeness (QED) is 0.913. The van der Waals surface area contributed by atoms with E-state index in [2.05, 4.69) is 4.98 Å². The highest BCUT2D eigenvalue weighted by molar-refractivity contribution is 6.34. The maximum Gasteiger partial charge on any atom is 0.126 e. The number of nitrogens with zero attached hydrogens (tertiary/aromatic N) is 1. The Bertz CT molecular complexity index is 572. The highest BCUT2D eigenvalue weighted by Gasteiger charge is 2.17. The Balaban J connectivity index is 2.44. The van der Waals surface area contributed by atoms with Crippen LogP contribution in [0.3, 0.4) is 0 Å². The minimum absolute atomic E-state index is 0.0317. The average Bonchev–Trinajstić information content (AvgIpc) is 2.26. The van der Waals surface area contributed by atoms with E-state index in [9.17, 15) is 13.9 Å². The Labute approximate surface area is 112 Å². The third-order valence-electron chi connectivity index (χ3n) is 2.30. The van der Waals surface area contributed by atoms with Gasteiger partial charge < -0.3 is 5.11 Å². The summed E-state index contributed by atoms with van der Waals surface area (Å²) in [5.74, 6) is -1.57. The van der Waals surface area contributed by atoms with Gasteiger partial charge in [-0.3, -0.25) is 4.98 Å². The topological polar surface area (TPSA) is 33.1 Å². The van der Waals surface area contributed by atoms with Gasteiger partial charge in [-0.15, -0.1) is 0 Å². The summed E-state index contributed by atoms with van der Waals surface area (Å²) >= 11 is 11.5. The van der Waals surface area contributed by atoms with E-state index < -0.39 is 17.7 Å². The van der Waals surface area contributed by atoms with Crippen LogP contribution in [0.5, 0.6) is 0 Å². The number of pyridine rings is 1. The van der Waals surface area contributed by atoms with Crippen LogP contribution in [-0.2, 0) is 0 Å². The summed E-state index contributed by atoms with van der Waals surface area (Å²) in [6.07, 6.45) is -0.0262. The van der Waals surface area contributed by atoms with Gasteiger partial charge in [0.1, 0.15) is 17.7 Å². The lowest BCUT2D eigenvalue weighted by molar-refractivity contribution is 0.214. The number of aliphatic hydroxyl groups is 1. The number of halogens is 4. The molecule has 94 valence electrons. The van der Waals surface area contributed by atoms with Gasteiger partial charge in [0.15, 0.2) is 0 Å². The van der Waals surface area contributed by atoms with Gasteiger partial charge in [0.25, 0.3) is 0 Å². The van der Waals surface area contributed by atoms with E-state index in [0.717, 1.165) is 12.1 Å². The summed E-state index contributed by atoms with van der Waals surface area (Å²) in [4.78, 5) is 3.85. The molecular formula is C12H7Cl2F2NO. The minimum Gasteiger partial charge on any atom is -0.382 e. The van der Waals surface area contributed by atoms with Crippen LogP contribution in [0, 0.1) is 11.6 Å². The molecule has 0 aliphatic carbocycles. The molecule has 0 aliphatic heterocycles. The number of hydrogen-bond acceptors (Lipinski definition) is 2. The second-order valence-corrected chi connectivity index (χ2v) is 4.47. The molecule has 0 saturated heterocycles. The maximum atomic E-state index is 13.0. The molecule has 2 nitrogen and oxygen atoms in total. The fourth-order valence-electron chi connectivity index (χ4n) is 1.52. The first-order chi connectivity index (χ1) is 8.47. The van der Waals surface area contributed by atoms with Gasteiger partial charge in [0.2, 0.25) is 0 Å². The van der Waals surface area contributed by atoms with Crippen LogP contribution in [0.4, 0.5) is 8.78 Å². The standard InChI is InChI=1S/C12H7Cl2F2NO/c13-7-3-10(14)11(17-5-7)12(18)6-1-8(15)4-9(16)2-6/h1-5,12,18H. The van der Waals surface area contributed by atoms with Crippen molar-refractivity contribution >= 4 is 23.2 Å². The van der Waals surface area contributed by atoms with Gasteiger partial charge >= 0.3 is 0 Å². The average molecular weight is 290 g/mol. The molecule has 1 atom stereocenters. The van der Waals surface area contributed by atoms with Crippen molar-refractivity contribution in [3.8, 4) is 0 Å². The Hall–Kier alpha value is -1.23. The molecule has 0 saturated carbocycles. The minimum atomic E-state index is -1.32. The van der Waals surface area contributed by atoms with Crippen molar-refractivity contribution in [1.29, 1.82) is 0 Å². The zero-order valence-corrected chi connectivity index (χ0v) is 10.4. The molecule has 6 heteroatoms. The SMILES string of the molecule is OC(c1cc(F)cc(F)c1)c1ncc(Cl)cc1Cl. The highest BCUT2D eigenvalue weighted by atomic mass is 35.5. The molecule has 0 bridgehead atoms. The third kappa shape index (κ3) is 2.77. The lowest BCUT2D eigenvalue weighted by atomic mass is 10.1. The summed E-state index contributed by atoms with van der Waals surface area (Å²) in [6.45, 7) is 0. The molecule has 1 aromatic heterocycles. The zero-order chi connectivity index (χ0) is 13.3. The molecule has 0 radical (unpaired) electrons. The molecule has 0 amide bonds. The van der Waals surface area contributed by atoms with Crippen molar-refractivity contribution in [2.45, 2.75) is 6.10 Å². The van der Waals surface area contributed by atoms with Crippen molar-refractivity contribution in [1.82, 2.24) is 4.98 Å². The molecular weight excluding hydrogens is 283 g/mol. The van der Waals surface area contributed by atoms with Gasteiger partial charge in [-0.2, -0.15) is 0 Å². The van der Waals surface area contributed by atoms with Crippen LogP contribution in [0.25, 0.3) is 0 Å². The number of hydrogen-bond donors (Lipinski definition) is 1. The van der Waals surface area contributed by atoms with Crippen LogP contribution in [0.2, 0.25) is 10.0 Å². The molecule has 18 heavy (non-hydrogen) atoms. The normalized spacial score (nSPS) is 12.5. The number of aliphatic hydroxyl groups excluding tert-OH is 1. The van der Waals surface area contributed by atoms with E-state index >= 15 is 0 Å². The lowest BCUT2D eigenvalue weighted by Crippen LogP contribution is -2.04. The predicted octanol–water partition coefficient (Wildman–Crippen LogP) is 3.75. The Morgan fingerprint density at radius 3 is 2.22 bits per heavy atom. The summed E-state index contributed by atoms with van der Waals surface area (Å²) in [5.41, 5.74) is 0.121. The van der Waals surface area contributed by atoms with Gasteiger partial charge in [0.05, 0.1) is 15.7 Å². The van der Waals surface area contributed by atoms with Crippen molar-refractivity contribution in [3.05, 3.63) is 63.4 Å². The largest absolute Gasteiger partial charge is 0.382 e. The first-order valence-corrected chi connectivity index (χ1v) is 5.68. The molecule has 1 aromatic carbocycles. The van der Waals surface area contributed by atoms with Crippen LogP contribution < -0.4 is 0 Å². The third-order valence-corrected chi connectivity index (χ3v) is 2.81. The predicted molar refractivity (Wildman–Crippen MR) is 64.7 cm³/mol. The van der Waals surface area contributed by atoms with Crippen molar-refractivity contribution in [2.24, 2.45) is 0 Å². The van der Waals surface area contributed by atoms with E-state index in [4.69, 9.17) is 23.2 Å². The molecule has 0 aliphatic rings. The second-order valence-electron chi connectivity index (χ2n) is 3.63. The van der Waals surface area contributed by atoms with Crippen LogP contribution >= 0.6 is 23.2 Å². The Morgan fingerprint density at radius 2 is 1.67 bits per heavy atom. The van der Waals surface area contributed by atoms with E-state index in [0.29, 0.717) is 11.1 Å². The van der Waals surface area contributed by atoms with Crippen LogP contribution in [-0.4, -0.2) is 10.1 Å². The summed E-state index contributed by atoms with van der Waals surface area (Å²) < 4.78 is 26.1. The monoisotopic (exact) mass is 289 g/mol. The molecule has 1 N–H and O–H groups in total. The fraction of sp³-hybridized carbons (Fsp3) is 0.0833. The van der Waals surface area contributed by atoms with E-state index in [1.54, 1.807) is 0 Å². The molecule has 2 rings (SSSR count). The number of benzene rings is 1. The molecule has 0 spiro atoms. The summed E-state index contributed by atoms with van der Waals surface area (Å²) in [6, 6.07) is 4.14. The van der Waals surface area contributed by atoms with Crippen molar-refractivity contribution in [2.75, 3.05) is 0 Å². The first kappa shape index (κ1) is 13.2. The summed E-state index contributed by atoms with van der Waals surface area (Å²) in [5, 5.41) is 10.4. The number of aromatic nitrogens is 1. The fourth-order valence-corrected chi connectivity index (χ4v) is 2.00. The number of rotatable bonds is 2. The lowest BCUT2D eigenvalue weighted by Gasteiger charge is -2.12. The van der Waals surface area contributed by atoms with E-state index in [1.807, 2.05) is 0 Å². The smallest absolute Gasteiger partial charge is 0.126 e. The van der Waals surface area contributed by atoms with Gasteiger partial charge in [-0.1, -0.05) is 23.2 Å². The maximum absolute atomic E-state index is 13.0. The summed E-state index contributed by atoms with van der Waals surface area (Å²) in [7, 11) is 0. The Kier molecular flexibility index (Phi) is 3.80. The van der Waals surface area contributed by atoms with Crippen molar-refractivity contribution in [3.63, 3.8) is 0 Å². The Morgan fingerprint density at radius 1 is 1.06 bits per heavy atom. The van der Waals surface area contributed by atoms with Gasteiger partial charge in [-0.25, -0.2) is 8.78 Å².